The highest BCUT2D eigenvalue weighted by Crippen LogP contribution is 2.37. The minimum atomic E-state index is 0.185. The first-order chi connectivity index (χ1) is 17.3. The minimum Gasteiger partial charge on any atom is -0.395 e. The summed E-state index contributed by atoms with van der Waals surface area (Å²) in [6.45, 7) is 4.39. The van der Waals surface area contributed by atoms with Gasteiger partial charge < -0.3 is 15.0 Å². The van der Waals surface area contributed by atoms with Gasteiger partial charge in [0.25, 0.3) is 0 Å². The molecule has 176 valence electrons. The Kier molecular flexibility index (Phi) is 5.73. The van der Waals surface area contributed by atoms with Gasteiger partial charge in [-0.15, -0.1) is 0 Å². The lowest BCUT2D eigenvalue weighted by Gasteiger charge is -2.35. The van der Waals surface area contributed by atoms with Crippen molar-refractivity contribution in [2.45, 2.75) is 0 Å². The van der Waals surface area contributed by atoms with E-state index in [9.17, 15) is 5.11 Å². The van der Waals surface area contributed by atoms with Crippen molar-refractivity contribution in [3.8, 4) is 33.8 Å². The molecule has 8 heteroatoms. The number of β-amino-alcohol motifs (C(OH)–C–C–N with tert-alkyl or cyclic N) is 1. The highest BCUT2D eigenvalue weighted by atomic mass is 16.3. The predicted molar refractivity (Wildman–Crippen MR) is 137 cm³/mol. The van der Waals surface area contributed by atoms with Crippen molar-refractivity contribution >= 4 is 11.5 Å². The second kappa shape index (κ2) is 9.32. The first kappa shape index (κ1) is 21.5. The third-order valence-corrected chi connectivity index (χ3v) is 6.57. The molecule has 1 fully saturated rings. The summed E-state index contributed by atoms with van der Waals surface area (Å²) in [7, 11) is 0. The van der Waals surface area contributed by atoms with Crippen molar-refractivity contribution in [2.24, 2.45) is 0 Å². The zero-order valence-electron chi connectivity index (χ0n) is 19.4. The van der Waals surface area contributed by atoms with Gasteiger partial charge in [-0.05, 0) is 5.56 Å². The fourth-order valence-electron chi connectivity index (χ4n) is 4.77. The SMILES string of the molecule is OCCN1CCN(c2cc(-c3ccccc3)nc3c(-c4ccccc4)c(-c4cnc[nH]4)nn23)CC1. The van der Waals surface area contributed by atoms with E-state index in [-0.39, 0.29) is 6.61 Å². The number of rotatable bonds is 6. The van der Waals surface area contributed by atoms with Crippen LogP contribution >= 0.6 is 0 Å². The Balaban J connectivity index is 1.58. The van der Waals surface area contributed by atoms with Crippen LogP contribution in [0.2, 0.25) is 0 Å². The molecule has 0 aliphatic carbocycles. The number of aromatic nitrogens is 5. The fraction of sp³-hybridized carbons (Fsp3) is 0.222. The molecule has 5 aromatic rings. The average Bonchev–Trinajstić information content (AvgIpc) is 3.58. The molecule has 0 amide bonds. The van der Waals surface area contributed by atoms with Crippen molar-refractivity contribution in [3.05, 3.63) is 79.3 Å². The second-order valence-electron chi connectivity index (χ2n) is 8.71. The zero-order chi connectivity index (χ0) is 23.6. The van der Waals surface area contributed by atoms with E-state index < -0.39 is 0 Å². The fourth-order valence-corrected chi connectivity index (χ4v) is 4.77. The van der Waals surface area contributed by atoms with Gasteiger partial charge in [0, 0.05) is 44.4 Å². The highest BCUT2D eigenvalue weighted by molar-refractivity contribution is 5.91. The van der Waals surface area contributed by atoms with Gasteiger partial charge in [-0.3, -0.25) is 4.90 Å². The van der Waals surface area contributed by atoms with Gasteiger partial charge in [0.2, 0.25) is 0 Å². The molecule has 1 aliphatic heterocycles. The molecule has 4 heterocycles. The van der Waals surface area contributed by atoms with E-state index in [2.05, 4.69) is 50.1 Å². The largest absolute Gasteiger partial charge is 0.395 e. The number of anilines is 1. The van der Waals surface area contributed by atoms with E-state index >= 15 is 0 Å². The third kappa shape index (κ3) is 4.07. The molecular weight excluding hydrogens is 438 g/mol. The van der Waals surface area contributed by atoms with Gasteiger partial charge >= 0.3 is 0 Å². The first-order valence-electron chi connectivity index (χ1n) is 11.9. The summed E-state index contributed by atoms with van der Waals surface area (Å²) in [5, 5.41) is 14.4. The summed E-state index contributed by atoms with van der Waals surface area (Å²) < 4.78 is 1.98. The molecule has 0 saturated carbocycles. The Morgan fingerprint density at radius 2 is 1.60 bits per heavy atom. The standard InChI is InChI=1S/C27H27N7O/c35-16-15-32-11-13-33(14-12-32)24-17-22(20-7-3-1-4-8-20)30-27-25(21-9-5-2-6-10-21)26(31-34(24)27)23-18-28-19-29-23/h1-10,17-19,35H,11-16H2,(H,28,29). The van der Waals surface area contributed by atoms with Crippen LogP contribution in [0.1, 0.15) is 0 Å². The molecule has 0 radical (unpaired) electrons. The maximum absolute atomic E-state index is 9.35. The average molecular weight is 466 g/mol. The van der Waals surface area contributed by atoms with Gasteiger partial charge in [0.1, 0.15) is 11.5 Å². The number of benzene rings is 2. The molecule has 2 aromatic carbocycles. The molecule has 3 aromatic heterocycles. The van der Waals surface area contributed by atoms with Crippen molar-refractivity contribution in [1.82, 2.24) is 29.5 Å². The van der Waals surface area contributed by atoms with Crippen LogP contribution in [0.3, 0.4) is 0 Å². The molecule has 35 heavy (non-hydrogen) atoms. The quantitative estimate of drug-likeness (QED) is 0.399. The minimum absolute atomic E-state index is 0.185. The second-order valence-corrected chi connectivity index (χ2v) is 8.71. The Morgan fingerprint density at radius 1 is 0.886 bits per heavy atom. The highest BCUT2D eigenvalue weighted by Gasteiger charge is 2.25. The molecule has 2 N–H and O–H groups in total. The molecule has 6 rings (SSSR count). The Labute approximate surface area is 203 Å². The summed E-state index contributed by atoms with van der Waals surface area (Å²) in [6.07, 6.45) is 3.48. The number of H-pyrrole nitrogens is 1. The molecule has 1 saturated heterocycles. The van der Waals surface area contributed by atoms with Crippen LogP contribution in [-0.4, -0.2) is 73.9 Å². The zero-order valence-corrected chi connectivity index (χ0v) is 19.4. The van der Waals surface area contributed by atoms with Crippen LogP contribution in [0.25, 0.3) is 39.4 Å². The molecular formula is C27H27N7O. The smallest absolute Gasteiger partial charge is 0.166 e. The Hall–Kier alpha value is -4.01. The lowest BCUT2D eigenvalue weighted by Crippen LogP contribution is -2.47. The van der Waals surface area contributed by atoms with Crippen LogP contribution < -0.4 is 4.90 Å². The monoisotopic (exact) mass is 465 g/mol. The number of aliphatic hydroxyl groups is 1. The van der Waals surface area contributed by atoms with Crippen LogP contribution in [0, 0.1) is 0 Å². The lowest BCUT2D eigenvalue weighted by atomic mass is 10.0. The third-order valence-electron chi connectivity index (χ3n) is 6.57. The lowest BCUT2D eigenvalue weighted by molar-refractivity contribution is 0.188. The molecule has 1 aliphatic rings. The van der Waals surface area contributed by atoms with Gasteiger partial charge in [0.15, 0.2) is 5.65 Å². The first-order valence-corrected chi connectivity index (χ1v) is 11.9. The number of hydrogen-bond donors (Lipinski definition) is 2. The summed E-state index contributed by atoms with van der Waals surface area (Å²) >= 11 is 0. The van der Waals surface area contributed by atoms with Gasteiger partial charge in [-0.1, -0.05) is 60.7 Å². The van der Waals surface area contributed by atoms with E-state index in [1.165, 1.54) is 0 Å². The number of piperazine rings is 1. The van der Waals surface area contributed by atoms with Gasteiger partial charge in [-0.2, -0.15) is 9.61 Å². The maximum Gasteiger partial charge on any atom is 0.166 e. The van der Waals surface area contributed by atoms with Crippen molar-refractivity contribution in [1.29, 1.82) is 0 Å². The van der Waals surface area contributed by atoms with E-state index in [1.807, 2.05) is 40.9 Å². The van der Waals surface area contributed by atoms with E-state index in [0.717, 1.165) is 71.4 Å². The topological polar surface area (TPSA) is 85.6 Å². The number of fused-ring (bicyclic) bond motifs is 1. The predicted octanol–water partition coefficient (Wildman–Crippen LogP) is 3.57. The molecule has 0 atom stereocenters. The van der Waals surface area contributed by atoms with E-state index in [1.54, 1.807) is 12.5 Å². The van der Waals surface area contributed by atoms with Gasteiger partial charge in [0.05, 0.1) is 36.1 Å². The number of aliphatic hydroxyl groups excluding tert-OH is 1. The van der Waals surface area contributed by atoms with Crippen LogP contribution in [0.4, 0.5) is 5.82 Å². The van der Waals surface area contributed by atoms with Crippen molar-refractivity contribution in [3.63, 3.8) is 0 Å². The number of aromatic amines is 1. The summed E-state index contributed by atoms with van der Waals surface area (Å²) in [5.74, 6) is 1.01. The Morgan fingerprint density at radius 3 is 2.26 bits per heavy atom. The van der Waals surface area contributed by atoms with Crippen LogP contribution in [-0.2, 0) is 0 Å². The molecule has 0 unspecified atom stereocenters. The molecule has 8 nitrogen and oxygen atoms in total. The van der Waals surface area contributed by atoms with Crippen molar-refractivity contribution < 1.29 is 5.11 Å². The van der Waals surface area contributed by atoms with E-state index in [4.69, 9.17) is 10.1 Å². The van der Waals surface area contributed by atoms with Crippen molar-refractivity contribution in [2.75, 3.05) is 44.2 Å². The van der Waals surface area contributed by atoms with E-state index in [0.29, 0.717) is 6.54 Å². The summed E-state index contributed by atoms with van der Waals surface area (Å²) in [6, 6.07) is 22.7. The number of imidazole rings is 1. The number of hydrogen-bond acceptors (Lipinski definition) is 6. The van der Waals surface area contributed by atoms with Crippen LogP contribution in [0.15, 0.2) is 79.3 Å². The number of nitrogens with zero attached hydrogens (tertiary/aromatic N) is 6. The normalized spacial score (nSPS) is 14.6. The maximum atomic E-state index is 9.35. The summed E-state index contributed by atoms with van der Waals surface area (Å²) in [4.78, 5) is 17.3. The Bertz CT molecular complexity index is 1410. The number of nitrogens with one attached hydrogen (secondary N) is 1. The molecule has 0 bridgehead atoms. The molecule has 0 spiro atoms. The van der Waals surface area contributed by atoms with Crippen LogP contribution in [0.5, 0.6) is 0 Å². The van der Waals surface area contributed by atoms with Gasteiger partial charge in [-0.25, -0.2) is 9.97 Å². The summed E-state index contributed by atoms with van der Waals surface area (Å²) in [5.41, 5.74) is 6.52.